The van der Waals surface area contributed by atoms with Crippen molar-refractivity contribution < 1.29 is 18.4 Å². The second-order valence-corrected chi connectivity index (χ2v) is 13.5. The Labute approximate surface area is 291 Å². The van der Waals surface area contributed by atoms with E-state index in [0.717, 1.165) is 29.1 Å². The van der Waals surface area contributed by atoms with Gasteiger partial charge in [0.05, 0.1) is 12.2 Å². The standard InChI is InChI=1S/C31H35FN6O3S.C7H8/c1-20-19-42-29(37-20)26-6-4-10-38(26)30(40)24-14-22(13-23(15-24)28-36-9-11-41-28)27(39)35-8-5-7-33-16-21-12-25(18-34-17-21)31(2,3)32;1-7-5-3-2-4-6-7/h9,11-15,17-19,26,33H,4-8,10,16H2,1-3H3,(H,35,39);2-6H,1H3. The molecule has 9 nitrogen and oxygen atoms in total. The first-order chi connectivity index (χ1) is 23.6. The monoisotopic (exact) mass is 682 g/mol. The summed E-state index contributed by atoms with van der Waals surface area (Å²) in [5.74, 6) is -0.0918. The zero-order valence-electron chi connectivity index (χ0n) is 28.4. The van der Waals surface area contributed by atoms with E-state index in [1.165, 1.54) is 31.9 Å². The smallest absolute Gasteiger partial charge is 0.254 e. The number of halogens is 1. The van der Waals surface area contributed by atoms with E-state index in [4.69, 9.17) is 4.42 Å². The van der Waals surface area contributed by atoms with Gasteiger partial charge in [0.15, 0.2) is 0 Å². The number of hydrogen-bond acceptors (Lipinski definition) is 8. The molecule has 0 radical (unpaired) electrons. The molecule has 4 heterocycles. The Bertz CT molecular complexity index is 1820. The number of nitrogens with one attached hydrogen (secondary N) is 2. The normalized spacial score (nSPS) is 14.3. The van der Waals surface area contributed by atoms with E-state index in [2.05, 4.69) is 44.6 Å². The summed E-state index contributed by atoms with van der Waals surface area (Å²) in [6.07, 6.45) is 8.68. The first kappa shape index (κ1) is 35.6. The van der Waals surface area contributed by atoms with E-state index >= 15 is 0 Å². The molecule has 0 spiro atoms. The summed E-state index contributed by atoms with van der Waals surface area (Å²) < 4.78 is 19.7. The maximum Gasteiger partial charge on any atom is 0.254 e. The Morgan fingerprint density at radius 3 is 2.53 bits per heavy atom. The maximum absolute atomic E-state index is 14.2. The van der Waals surface area contributed by atoms with Gasteiger partial charge in [0.25, 0.3) is 11.8 Å². The Balaban J connectivity index is 0.000000595. The average Bonchev–Trinajstić information content (AvgIpc) is 3.89. The van der Waals surface area contributed by atoms with Crippen LogP contribution in [0.15, 0.2) is 89.2 Å². The number of aromatic nitrogens is 3. The van der Waals surface area contributed by atoms with Gasteiger partial charge in [0, 0.05) is 65.4 Å². The van der Waals surface area contributed by atoms with Crippen LogP contribution in [0.5, 0.6) is 0 Å². The predicted octanol–water partition coefficient (Wildman–Crippen LogP) is 7.59. The molecule has 0 saturated carbocycles. The Morgan fingerprint density at radius 1 is 1.06 bits per heavy atom. The number of nitrogens with zero attached hydrogens (tertiary/aromatic N) is 4. The molecule has 1 aliphatic heterocycles. The number of carbonyl (C=O) groups is 2. The van der Waals surface area contributed by atoms with Crippen molar-refractivity contribution in [2.45, 2.75) is 65.2 Å². The minimum absolute atomic E-state index is 0.0758. The SMILES string of the molecule is Cc1ccccc1.Cc1csc(C2CCCN2C(=O)c2cc(C(=O)NCCCNCc3cncc(C(C)(C)F)c3)cc(-c3ncco3)c2)n1. The first-order valence-corrected chi connectivity index (χ1v) is 17.4. The summed E-state index contributed by atoms with van der Waals surface area (Å²) in [6.45, 7) is 9.32. The Morgan fingerprint density at radius 2 is 1.86 bits per heavy atom. The van der Waals surface area contributed by atoms with E-state index in [-0.39, 0.29) is 17.9 Å². The number of rotatable bonds is 11. The van der Waals surface area contributed by atoms with Crippen LogP contribution in [0.2, 0.25) is 0 Å². The van der Waals surface area contributed by atoms with E-state index in [9.17, 15) is 14.0 Å². The van der Waals surface area contributed by atoms with Crippen LogP contribution < -0.4 is 10.6 Å². The number of oxazole rings is 1. The van der Waals surface area contributed by atoms with Crippen molar-refractivity contribution in [3.05, 3.63) is 123 Å². The van der Waals surface area contributed by atoms with Gasteiger partial charge in [-0.3, -0.25) is 14.6 Å². The molecule has 6 rings (SSSR count). The molecule has 1 fully saturated rings. The number of alkyl halides is 1. The molecule has 0 aliphatic carbocycles. The third-order valence-electron chi connectivity index (χ3n) is 8.12. The maximum atomic E-state index is 14.2. The number of hydrogen-bond donors (Lipinski definition) is 2. The number of aryl methyl sites for hydroxylation is 2. The lowest BCUT2D eigenvalue weighted by Crippen LogP contribution is -2.31. The molecule has 256 valence electrons. The van der Waals surface area contributed by atoms with E-state index in [1.54, 1.807) is 41.9 Å². The van der Waals surface area contributed by atoms with Crippen LogP contribution >= 0.6 is 11.3 Å². The van der Waals surface area contributed by atoms with Crippen LogP contribution in [-0.2, 0) is 12.2 Å². The Hall–Kier alpha value is -4.74. The van der Waals surface area contributed by atoms with Crippen molar-refractivity contribution in [3.63, 3.8) is 0 Å². The largest absolute Gasteiger partial charge is 0.445 e. The number of benzene rings is 2. The van der Waals surface area contributed by atoms with Gasteiger partial charge in [-0.05, 0) is 83.3 Å². The number of pyridine rings is 1. The second-order valence-electron chi connectivity index (χ2n) is 12.6. The number of thiazole rings is 1. The highest BCUT2D eigenvalue weighted by molar-refractivity contribution is 7.09. The van der Waals surface area contributed by atoms with Crippen LogP contribution in [0.25, 0.3) is 11.5 Å². The third-order valence-corrected chi connectivity index (χ3v) is 9.19. The molecule has 2 aromatic carbocycles. The van der Waals surface area contributed by atoms with Crippen molar-refractivity contribution in [3.8, 4) is 11.5 Å². The van der Waals surface area contributed by atoms with E-state index < -0.39 is 5.67 Å². The van der Waals surface area contributed by atoms with Crippen LogP contribution in [0.4, 0.5) is 4.39 Å². The fourth-order valence-electron chi connectivity index (χ4n) is 5.52. The molecule has 2 amide bonds. The number of likely N-dealkylation sites (tertiary alicyclic amines) is 1. The topological polar surface area (TPSA) is 113 Å². The number of amides is 2. The fraction of sp³-hybridized carbons (Fsp3) is 0.342. The molecule has 0 bridgehead atoms. The van der Waals surface area contributed by atoms with Gasteiger partial charge >= 0.3 is 0 Å². The van der Waals surface area contributed by atoms with Crippen molar-refractivity contribution in [1.29, 1.82) is 0 Å². The van der Waals surface area contributed by atoms with E-state index in [0.29, 0.717) is 60.7 Å². The van der Waals surface area contributed by atoms with Gasteiger partial charge < -0.3 is 20.0 Å². The van der Waals surface area contributed by atoms with Gasteiger partial charge in [0.1, 0.15) is 16.9 Å². The summed E-state index contributed by atoms with van der Waals surface area (Å²) in [5, 5.41) is 9.19. The lowest BCUT2D eigenvalue weighted by Gasteiger charge is -2.23. The summed E-state index contributed by atoms with van der Waals surface area (Å²) in [6, 6.07) is 17.0. The van der Waals surface area contributed by atoms with Gasteiger partial charge in [-0.1, -0.05) is 35.9 Å². The zero-order valence-corrected chi connectivity index (χ0v) is 29.2. The molecule has 49 heavy (non-hydrogen) atoms. The summed E-state index contributed by atoms with van der Waals surface area (Å²) in [4.78, 5) is 41.8. The molecular formula is C38H43FN6O3S. The lowest BCUT2D eigenvalue weighted by molar-refractivity contribution is 0.0735. The van der Waals surface area contributed by atoms with Crippen molar-refractivity contribution in [1.82, 2.24) is 30.5 Å². The molecule has 1 saturated heterocycles. The van der Waals surface area contributed by atoms with Crippen LogP contribution in [0.1, 0.15) is 87.3 Å². The highest BCUT2D eigenvalue weighted by Gasteiger charge is 2.33. The minimum Gasteiger partial charge on any atom is -0.445 e. The highest BCUT2D eigenvalue weighted by atomic mass is 32.1. The minimum atomic E-state index is -1.45. The summed E-state index contributed by atoms with van der Waals surface area (Å²) in [5.41, 5.74) is 3.59. The van der Waals surface area contributed by atoms with Crippen LogP contribution in [0.3, 0.4) is 0 Å². The average molecular weight is 683 g/mol. The molecule has 11 heteroatoms. The van der Waals surface area contributed by atoms with Gasteiger partial charge in [0.2, 0.25) is 5.89 Å². The first-order valence-electron chi connectivity index (χ1n) is 16.5. The molecule has 5 aromatic rings. The van der Waals surface area contributed by atoms with Gasteiger partial charge in [-0.15, -0.1) is 11.3 Å². The van der Waals surface area contributed by atoms with Crippen LogP contribution in [0, 0.1) is 13.8 Å². The predicted molar refractivity (Wildman–Crippen MR) is 190 cm³/mol. The highest BCUT2D eigenvalue weighted by Crippen LogP contribution is 2.35. The fourth-order valence-corrected chi connectivity index (χ4v) is 6.47. The zero-order chi connectivity index (χ0) is 34.8. The van der Waals surface area contributed by atoms with Crippen molar-refractivity contribution in [2.75, 3.05) is 19.6 Å². The summed E-state index contributed by atoms with van der Waals surface area (Å²) >= 11 is 1.57. The van der Waals surface area contributed by atoms with Crippen molar-refractivity contribution in [2.24, 2.45) is 0 Å². The molecule has 1 unspecified atom stereocenters. The summed E-state index contributed by atoms with van der Waals surface area (Å²) in [7, 11) is 0. The molecule has 1 aliphatic rings. The second kappa shape index (κ2) is 16.6. The molecular weight excluding hydrogens is 640 g/mol. The number of carbonyl (C=O) groups excluding carboxylic acids is 2. The lowest BCUT2D eigenvalue weighted by atomic mass is 10.0. The quantitative estimate of drug-likeness (QED) is 0.138. The van der Waals surface area contributed by atoms with Gasteiger partial charge in [-0.2, -0.15) is 0 Å². The molecule has 2 N–H and O–H groups in total. The van der Waals surface area contributed by atoms with E-state index in [1.807, 2.05) is 41.5 Å². The van der Waals surface area contributed by atoms with Crippen LogP contribution in [-0.4, -0.2) is 51.3 Å². The van der Waals surface area contributed by atoms with Gasteiger partial charge in [-0.25, -0.2) is 14.4 Å². The molecule has 3 aromatic heterocycles. The third kappa shape index (κ3) is 9.90. The van der Waals surface area contributed by atoms with Crippen molar-refractivity contribution >= 4 is 23.2 Å². The molecule has 1 atom stereocenters. The Kier molecular flexibility index (Phi) is 12.0.